The lowest BCUT2D eigenvalue weighted by atomic mass is 10.0. The van der Waals surface area contributed by atoms with Crippen molar-refractivity contribution in [3.8, 4) is 0 Å². The van der Waals surface area contributed by atoms with Gasteiger partial charge in [0.2, 0.25) is 0 Å². The molecule has 0 aliphatic carbocycles. The molecule has 0 aromatic heterocycles. The Morgan fingerprint density at radius 1 is 1.60 bits per heavy atom. The molecule has 1 N–H and O–H groups in total. The van der Waals surface area contributed by atoms with Crippen molar-refractivity contribution in [2.75, 3.05) is 0 Å². The predicted octanol–water partition coefficient (Wildman–Crippen LogP) is 2.12. The molecule has 1 atom stereocenters. The monoisotopic (exact) mass is 140 g/mol. The quantitative estimate of drug-likeness (QED) is 0.595. The molecule has 0 bridgehead atoms. The van der Waals surface area contributed by atoms with E-state index in [1.807, 2.05) is 6.92 Å². The van der Waals surface area contributed by atoms with Crippen LogP contribution in [0.2, 0.25) is 0 Å². The summed E-state index contributed by atoms with van der Waals surface area (Å²) in [6.45, 7) is 9.48. The zero-order valence-electron chi connectivity index (χ0n) is 7.02. The molecule has 0 radical (unpaired) electrons. The largest absolute Gasteiger partial charge is 0.388 e. The first-order chi connectivity index (χ1) is 4.57. The molecule has 0 saturated carbocycles. The lowest BCUT2D eigenvalue weighted by Gasteiger charge is -2.11. The molecule has 0 saturated heterocycles. The highest BCUT2D eigenvalue weighted by Gasteiger charge is 2.07. The minimum absolute atomic E-state index is 0.350. The topological polar surface area (TPSA) is 20.2 Å². The van der Waals surface area contributed by atoms with Crippen LogP contribution in [0.4, 0.5) is 0 Å². The van der Waals surface area contributed by atoms with Crippen molar-refractivity contribution in [3.63, 3.8) is 0 Å². The van der Waals surface area contributed by atoms with Crippen molar-refractivity contribution >= 4 is 0 Å². The Bertz CT molecular complexity index is 141. The van der Waals surface area contributed by atoms with Gasteiger partial charge in [0.15, 0.2) is 0 Å². The smallest absolute Gasteiger partial charge is 0.0823 e. The minimum atomic E-state index is -0.350. The van der Waals surface area contributed by atoms with Gasteiger partial charge in [0.05, 0.1) is 6.10 Å². The third kappa shape index (κ3) is 3.49. The van der Waals surface area contributed by atoms with Crippen LogP contribution < -0.4 is 0 Å². The maximum atomic E-state index is 9.35. The molecule has 10 heavy (non-hydrogen) atoms. The normalized spacial score (nSPS) is 12.9. The van der Waals surface area contributed by atoms with Crippen LogP contribution in [0, 0.1) is 5.92 Å². The summed E-state index contributed by atoms with van der Waals surface area (Å²) < 4.78 is 0. The van der Waals surface area contributed by atoms with E-state index < -0.39 is 0 Å². The van der Waals surface area contributed by atoms with E-state index in [2.05, 4.69) is 26.2 Å². The average molecular weight is 140 g/mol. The lowest BCUT2D eigenvalue weighted by Crippen LogP contribution is -2.10. The summed E-state index contributed by atoms with van der Waals surface area (Å²) in [7, 11) is 0. The third-order valence-electron chi connectivity index (χ3n) is 1.47. The average Bonchev–Trinajstić information content (AvgIpc) is 1.85. The van der Waals surface area contributed by atoms with Crippen LogP contribution in [-0.2, 0) is 0 Å². The number of aliphatic hydroxyl groups excluding tert-OH is 1. The van der Waals surface area contributed by atoms with Crippen molar-refractivity contribution < 1.29 is 5.11 Å². The van der Waals surface area contributed by atoms with E-state index in [1.54, 1.807) is 0 Å². The molecule has 0 heterocycles. The molecule has 0 fully saturated rings. The fraction of sp³-hybridized carbons (Fsp3) is 0.667. The highest BCUT2D eigenvalue weighted by molar-refractivity contribution is 5.01. The highest BCUT2D eigenvalue weighted by Crippen LogP contribution is 2.10. The van der Waals surface area contributed by atoms with Crippen molar-refractivity contribution in [3.05, 3.63) is 17.9 Å². The first-order valence-corrected chi connectivity index (χ1v) is 3.62. The second-order valence-electron chi connectivity index (χ2n) is 3.01. The van der Waals surface area contributed by atoms with Crippen molar-refractivity contribution in [2.45, 2.75) is 33.3 Å². The van der Waals surface area contributed by atoms with Crippen molar-refractivity contribution in [1.82, 2.24) is 0 Å². The molecule has 0 aliphatic heterocycles. The fourth-order valence-electron chi connectivity index (χ4n) is 0.741. The summed E-state index contributed by atoms with van der Waals surface area (Å²) in [5.74, 6) is 0.526. The van der Waals surface area contributed by atoms with Crippen LogP contribution in [-0.4, -0.2) is 11.2 Å². The summed E-state index contributed by atoms with van der Waals surface area (Å²) in [6, 6.07) is 0. The summed E-state index contributed by atoms with van der Waals surface area (Å²) in [6.07, 6.45) is 0.450. The van der Waals surface area contributed by atoms with Gasteiger partial charge in [0.25, 0.3) is 0 Å². The standard InChI is InChI=1S/C9H16O/c1-5-8(4)9(10)6-7(2)3/h7,9-10H,1,6H2,2-4H3/t9-/m1/s1. The molecule has 0 aromatic carbocycles. The fourth-order valence-corrected chi connectivity index (χ4v) is 0.741. The Kier molecular flexibility index (Phi) is 4.10. The predicted molar refractivity (Wildman–Crippen MR) is 43.8 cm³/mol. The highest BCUT2D eigenvalue weighted by atomic mass is 16.3. The van der Waals surface area contributed by atoms with E-state index in [4.69, 9.17) is 0 Å². The molecular formula is C9H16O. The molecule has 58 valence electrons. The molecule has 0 aliphatic rings. The summed E-state index contributed by atoms with van der Waals surface area (Å²) >= 11 is 0. The Morgan fingerprint density at radius 3 is 2.40 bits per heavy atom. The number of hydrogen-bond donors (Lipinski definition) is 1. The summed E-state index contributed by atoms with van der Waals surface area (Å²) in [4.78, 5) is 0. The van der Waals surface area contributed by atoms with E-state index >= 15 is 0 Å². The van der Waals surface area contributed by atoms with Crippen LogP contribution in [0.15, 0.2) is 17.9 Å². The van der Waals surface area contributed by atoms with Gasteiger partial charge in [0.1, 0.15) is 0 Å². The summed E-state index contributed by atoms with van der Waals surface area (Å²) in [5, 5.41) is 9.35. The van der Waals surface area contributed by atoms with E-state index in [-0.39, 0.29) is 6.10 Å². The third-order valence-corrected chi connectivity index (χ3v) is 1.47. The van der Waals surface area contributed by atoms with Crippen molar-refractivity contribution in [1.29, 1.82) is 0 Å². The van der Waals surface area contributed by atoms with Gasteiger partial charge in [-0.2, -0.15) is 0 Å². The minimum Gasteiger partial charge on any atom is -0.388 e. The van der Waals surface area contributed by atoms with Gasteiger partial charge in [-0.25, -0.2) is 0 Å². The second kappa shape index (κ2) is 4.32. The van der Waals surface area contributed by atoms with Gasteiger partial charge >= 0.3 is 0 Å². The first-order valence-electron chi connectivity index (χ1n) is 3.62. The summed E-state index contributed by atoms with van der Waals surface area (Å²) in [5.41, 5.74) is 3.53. The number of rotatable bonds is 3. The van der Waals surface area contributed by atoms with Crippen LogP contribution in [0.1, 0.15) is 27.2 Å². The number of aliphatic hydroxyl groups is 1. The maximum Gasteiger partial charge on any atom is 0.0823 e. The zero-order valence-corrected chi connectivity index (χ0v) is 7.02. The molecule has 0 amide bonds. The molecule has 0 rings (SSSR count). The number of hydrogen-bond acceptors (Lipinski definition) is 1. The van der Waals surface area contributed by atoms with E-state index in [1.165, 1.54) is 0 Å². The van der Waals surface area contributed by atoms with Gasteiger partial charge in [-0.3, -0.25) is 0 Å². The molecule has 0 unspecified atom stereocenters. The Hall–Kier alpha value is -0.520. The molecule has 1 heteroatoms. The Morgan fingerprint density at radius 2 is 2.10 bits per heavy atom. The molecular weight excluding hydrogens is 124 g/mol. The van der Waals surface area contributed by atoms with Crippen LogP contribution in [0.3, 0.4) is 0 Å². The molecule has 1 nitrogen and oxygen atoms in total. The molecule has 0 spiro atoms. The SMILES string of the molecule is C=C=C(C)[C@H](O)CC(C)C. The van der Waals surface area contributed by atoms with Gasteiger partial charge in [-0.1, -0.05) is 20.4 Å². The van der Waals surface area contributed by atoms with E-state index in [0.29, 0.717) is 5.92 Å². The Labute approximate surface area is 63.1 Å². The van der Waals surface area contributed by atoms with Gasteiger partial charge in [0, 0.05) is 0 Å². The second-order valence-corrected chi connectivity index (χ2v) is 3.01. The van der Waals surface area contributed by atoms with Crippen molar-refractivity contribution in [2.24, 2.45) is 5.92 Å². The first kappa shape index (κ1) is 9.48. The van der Waals surface area contributed by atoms with Crippen LogP contribution in [0.25, 0.3) is 0 Å². The van der Waals surface area contributed by atoms with Crippen LogP contribution in [0.5, 0.6) is 0 Å². The van der Waals surface area contributed by atoms with E-state index in [0.717, 1.165) is 12.0 Å². The lowest BCUT2D eigenvalue weighted by molar-refractivity contribution is 0.183. The van der Waals surface area contributed by atoms with Gasteiger partial charge < -0.3 is 5.11 Å². The van der Waals surface area contributed by atoms with Crippen LogP contribution >= 0.6 is 0 Å². The van der Waals surface area contributed by atoms with Gasteiger partial charge in [-0.15, -0.1) is 5.73 Å². The van der Waals surface area contributed by atoms with E-state index in [9.17, 15) is 5.11 Å². The Balaban J connectivity index is 3.85. The molecule has 0 aromatic rings. The zero-order chi connectivity index (χ0) is 8.15. The maximum absolute atomic E-state index is 9.35. The van der Waals surface area contributed by atoms with Gasteiger partial charge in [-0.05, 0) is 24.8 Å².